The van der Waals surface area contributed by atoms with Crippen LogP contribution in [-0.4, -0.2) is 36.6 Å². The molecule has 1 fully saturated rings. The van der Waals surface area contributed by atoms with E-state index in [1.165, 1.54) is 0 Å². The second-order valence-electron chi connectivity index (χ2n) is 7.18. The van der Waals surface area contributed by atoms with E-state index in [2.05, 4.69) is 21.1 Å². The molecule has 0 heterocycles. The van der Waals surface area contributed by atoms with Crippen LogP contribution in [-0.2, 0) is 19.1 Å². The zero-order valence-electron chi connectivity index (χ0n) is 18.3. The molecule has 2 atom stereocenters. The van der Waals surface area contributed by atoms with E-state index in [1.54, 1.807) is 13.8 Å². The van der Waals surface area contributed by atoms with Crippen molar-refractivity contribution < 1.29 is 19.1 Å². The molecule has 2 aromatic rings. The maximum absolute atomic E-state index is 12.7. The minimum Gasteiger partial charge on any atom is -0.465 e. The smallest absolute Gasteiger partial charge is 0.315 e. The summed E-state index contributed by atoms with van der Waals surface area (Å²) in [4.78, 5) is 25.4. The fraction of sp³-hybridized carbons (Fsp3) is 0.333. The molecule has 0 aromatic heterocycles. The van der Waals surface area contributed by atoms with Gasteiger partial charge in [0.25, 0.3) is 0 Å². The van der Waals surface area contributed by atoms with Gasteiger partial charge in [-0.1, -0.05) is 36.4 Å². The molecule has 1 aliphatic carbocycles. The summed E-state index contributed by atoms with van der Waals surface area (Å²) in [5.41, 5.74) is 8.58. The Morgan fingerprint density at radius 3 is 1.47 bits per heavy atom. The summed E-state index contributed by atoms with van der Waals surface area (Å²) in [5.74, 6) is -2.08. The summed E-state index contributed by atoms with van der Waals surface area (Å²) in [7, 11) is 0. The summed E-state index contributed by atoms with van der Waals surface area (Å²) < 4.78 is 10.6. The fourth-order valence-corrected chi connectivity index (χ4v) is 3.41. The highest BCUT2D eigenvalue weighted by Gasteiger charge is 2.41. The highest BCUT2D eigenvalue weighted by molar-refractivity contribution is 6.16. The standard InChI is InChI=1S/C24H28N4O4/c1-3-31-23(29)19-15-22(28-26-18-13-9-6-10-14-18)20(24(30)32-4-2)16-21(19)27-25-17-11-7-5-8-12-17/h5-14,19-20,25-26H,3-4,15-16H2,1-2H3/t19-,20+. The van der Waals surface area contributed by atoms with Gasteiger partial charge in [0.1, 0.15) is 11.8 Å². The molecule has 8 nitrogen and oxygen atoms in total. The molecule has 2 N–H and O–H groups in total. The number of nitrogens with one attached hydrogen (secondary N) is 2. The Balaban J connectivity index is 1.90. The number of benzene rings is 2. The second kappa shape index (κ2) is 11.6. The number of hydrazone groups is 2. The van der Waals surface area contributed by atoms with Crippen molar-refractivity contribution in [1.82, 2.24) is 0 Å². The Morgan fingerprint density at radius 2 is 1.12 bits per heavy atom. The molecule has 1 saturated carbocycles. The van der Waals surface area contributed by atoms with Gasteiger partial charge < -0.3 is 9.47 Å². The number of anilines is 2. The first-order valence-electron chi connectivity index (χ1n) is 10.7. The molecular formula is C24H28N4O4. The van der Waals surface area contributed by atoms with Crippen LogP contribution in [0.4, 0.5) is 11.4 Å². The molecule has 0 aliphatic heterocycles. The van der Waals surface area contributed by atoms with Crippen LogP contribution < -0.4 is 10.9 Å². The molecule has 168 valence electrons. The third-order valence-corrected chi connectivity index (χ3v) is 4.98. The van der Waals surface area contributed by atoms with Crippen molar-refractivity contribution in [1.29, 1.82) is 0 Å². The Morgan fingerprint density at radius 1 is 0.750 bits per heavy atom. The van der Waals surface area contributed by atoms with Gasteiger partial charge in [0.05, 0.1) is 36.0 Å². The van der Waals surface area contributed by atoms with E-state index in [4.69, 9.17) is 9.47 Å². The lowest BCUT2D eigenvalue weighted by molar-refractivity contribution is -0.148. The number of ether oxygens (including phenoxy) is 2. The van der Waals surface area contributed by atoms with Gasteiger partial charge in [-0.2, -0.15) is 10.2 Å². The van der Waals surface area contributed by atoms with E-state index >= 15 is 0 Å². The fourth-order valence-electron chi connectivity index (χ4n) is 3.41. The lowest BCUT2D eigenvalue weighted by atomic mass is 9.78. The first-order chi connectivity index (χ1) is 15.6. The first-order valence-corrected chi connectivity index (χ1v) is 10.7. The molecule has 3 rings (SSSR count). The lowest BCUT2D eigenvalue weighted by Crippen LogP contribution is -2.42. The predicted molar refractivity (Wildman–Crippen MR) is 124 cm³/mol. The molecule has 32 heavy (non-hydrogen) atoms. The van der Waals surface area contributed by atoms with Crippen molar-refractivity contribution in [2.24, 2.45) is 22.0 Å². The Hall–Kier alpha value is -3.68. The largest absolute Gasteiger partial charge is 0.465 e. The minimum absolute atomic E-state index is 0.206. The molecule has 8 heteroatoms. The van der Waals surface area contributed by atoms with Crippen LogP contribution in [0.15, 0.2) is 70.9 Å². The van der Waals surface area contributed by atoms with Gasteiger partial charge in [-0.05, 0) is 38.1 Å². The SMILES string of the molecule is CCOC(=O)[C@H]1CC(=NNc2ccccc2)[C@H](C(=O)OCC)CC1=NNc1ccccc1. The molecule has 0 radical (unpaired) electrons. The molecule has 0 saturated heterocycles. The zero-order chi connectivity index (χ0) is 22.8. The monoisotopic (exact) mass is 436 g/mol. The molecule has 0 spiro atoms. The van der Waals surface area contributed by atoms with Crippen molar-refractivity contribution in [3.8, 4) is 0 Å². The number of hydrogen-bond donors (Lipinski definition) is 2. The van der Waals surface area contributed by atoms with Gasteiger partial charge in [0, 0.05) is 12.8 Å². The predicted octanol–water partition coefficient (Wildman–Crippen LogP) is 4.08. The topological polar surface area (TPSA) is 101 Å². The lowest BCUT2D eigenvalue weighted by Gasteiger charge is -2.29. The first kappa shape index (κ1) is 23.0. The molecule has 1 aliphatic rings. The van der Waals surface area contributed by atoms with E-state index < -0.39 is 23.8 Å². The number of rotatable bonds is 8. The average molecular weight is 437 g/mol. The minimum atomic E-state index is -0.645. The van der Waals surface area contributed by atoms with E-state index in [9.17, 15) is 9.59 Å². The van der Waals surface area contributed by atoms with E-state index in [1.807, 2.05) is 60.7 Å². The summed E-state index contributed by atoms with van der Waals surface area (Å²) in [6, 6.07) is 18.8. The van der Waals surface area contributed by atoms with Gasteiger partial charge in [-0.15, -0.1) is 0 Å². The van der Waals surface area contributed by atoms with Gasteiger partial charge in [-0.25, -0.2) is 0 Å². The Kier molecular flexibility index (Phi) is 8.36. The van der Waals surface area contributed by atoms with Crippen molar-refractivity contribution in [3.05, 3.63) is 60.7 Å². The average Bonchev–Trinajstić information content (AvgIpc) is 2.83. The molecule has 0 amide bonds. The van der Waals surface area contributed by atoms with Crippen LogP contribution >= 0.6 is 0 Å². The number of nitrogens with zero attached hydrogens (tertiary/aromatic N) is 2. The molecule has 0 unspecified atom stereocenters. The maximum Gasteiger partial charge on any atom is 0.315 e. The van der Waals surface area contributed by atoms with Crippen LogP contribution in [0.5, 0.6) is 0 Å². The third-order valence-electron chi connectivity index (χ3n) is 4.98. The van der Waals surface area contributed by atoms with Crippen molar-refractivity contribution >= 4 is 34.7 Å². The zero-order valence-corrected chi connectivity index (χ0v) is 18.3. The molecule has 2 aromatic carbocycles. The summed E-state index contributed by atoms with van der Waals surface area (Å²) in [5, 5.41) is 8.93. The number of para-hydroxylation sites is 2. The quantitative estimate of drug-likeness (QED) is 0.478. The normalized spacial score (nSPS) is 20.6. The number of hydrogen-bond acceptors (Lipinski definition) is 8. The Bertz CT molecular complexity index is 881. The molecular weight excluding hydrogens is 408 g/mol. The van der Waals surface area contributed by atoms with E-state index in [-0.39, 0.29) is 26.1 Å². The van der Waals surface area contributed by atoms with Crippen molar-refractivity contribution in [2.45, 2.75) is 26.7 Å². The maximum atomic E-state index is 12.7. The summed E-state index contributed by atoms with van der Waals surface area (Å²) in [6.45, 7) is 4.02. The van der Waals surface area contributed by atoms with Crippen molar-refractivity contribution in [2.75, 3.05) is 24.1 Å². The highest BCUT2D eigenvalue weighted by Crippen LogP contribution is 2.28. The van der Waals surface area contributed by atoms with Crippen LogP contribution in [0, 0.1) is 11.8 Å². The third kappa shape index (κ3) is 6.16. The van der Waals surface area contributed by atoms with Crippen LogP contribution in [0.2, 0.25) is 0 Å². The second-order valence-corrected chi connectivity index (χ2v) is 7.18. The number of carbonyl (C=O) groups excluding carboxylic acids is 2. The number of carbonyl (C=O) groups is 2. The Labute approximate surface area is 187 Å². The van der Waals surface area contributed by atoms with Crippen molar-refractivity contribution in [3.63, 3.8) is 0 Å². The van der Waals surface area contributed by atoms with E-state index in [0.717, 1.165) is 11.4 Å². The van der Waals surface area contributed by atoms with Gasteiger partial charge in [-0.3, -0.25) is 20.4 Å². The van der Waals surface area contributed by atoms with Gasteiger partial charge in [0.15, 0.2) is 0 Å². The van der Waals surface area contributed by atoms with Gasteiger partial charge in [0.2, 0.25) is 0 Å². The number of esters is 2. The van der Waals surface area contributed by atoms with Crippen LogP contribution in [0.25, 0.3) is 0 Å². The summed E-state index contributed by atoms with van der Waals surface area (Å²) in [6.07, 6.45) is 0.412. The summed E-state index contributed by atoms with van der Waals surface area (Å²) >= 11 is 0. The van der Waals surface area contributed by atoms with E-state index in [0.29, 0.717) is 11.4 Å². The van der Waals surface area contributed by atoms with Crippen LogP contribution in [0.3, 0.4) is 0 Å². The highest BCUT2D eigenvalue weighted by atomic mass is 16.5. The van der Waals surface area contributed by atoms with Crippen LogP contribution in [0.1, 0.15) is 26.7 Å². The van der Waals surface area contributed by atoms with Gasteiger partial charge >= 0.3 is 11.9 Å². The molecule has 0 bridgehead atoms.